The maximum absolute atomic E-state index is 13.6. The molecule has 1 amide bonds. The predicted molar refractivity (Wildman–Crippen MR) is 153 cm³/mol. The Balaban J connectivity index is 1.96. The second-order valence-electron chi connectivity index (χ2n) is 9.82. The number of benzene rings is 3. The molecule has 1 fully saturated rings. The fourth-order valence-electron chi connectivity index (χ4n) is 4.99. The molecule has 0 aromatic heterocycles. The summed E-state index contributed by atoms with van der Waals surface area (Å²) in [5.41, 5.74) is 2.88. The van der Waals surface area contributed by atoms with Crippen LogP contribution < -0.4 is 19.1 Å². The summed E-state index contributed by atoms with van der Waals surface area (Å²) in [4.78, 5) is 28.6. The Labute approximate surface area is 234 Å². The van der Waals surface area contributed by atoms with E-state index in [2.05, 4.69) is 0 Å². The van der Waals surface area contributed by atoms with Gasteiger partial charge in [0.15, 0.2) is 11.5 Å². The van der Waals surface area contributed by atoms with Crippen molar-refractivity contribution in [1.82, 2.24) is 0 Å². The molecule has 3 aromatic rings. The Kier molecular flexibility index (Phi) is 8.38. The number of aliphatic hydroxyl groups is 1. The van der Waals surface area contributed by atoms with Crippen LogP contribution >= 0.6 is 0 Å². The lowest BCUT2D eigenvalue weighted by atomic mass is 9.91. The first kappa shape index (κ1) is 28.5. The van der Waals surface area contributed by atoms with Crippen LogP contribution in [0.2, 0.25) is 0 Å². The molecule has 0 spiro atoms. The lowest BCUT2D eigenvalue weighted by Crippen LogP contribution is -2.29. The zero-order valence-corrected chi connectivity index (χ0v) is 23.6. The van der Waals surface area contributed by atoms with Crippen molar-refractivity contribution in [2.24, 2.45) is 0 Å². The van der Waals surface area contributed by atoms with Crippen molar-refractivity contribution in [2.45, 2.75) is 46.6 Å². The number of anilines is 1. The van der Waals surface area contributed by atoms with Crippen molar-refractivity contribution in [1.29, 1.82) is 0 Å². The largest absolute Gasteiger partial charge is 0.508 e. The van der Waals surface area contributed by atoms with Gasteiger partial charge in [-0.2, -0.15) is 0 Å². The number of aryl methyl sites for hydroxylation is 1. The molecule has 8 heteroatoms. The number of nitrogens with zero attached hydrogens (tertiary/aromatic N) is 1. The van der Waals surface area contributed by atoms with Gasteiger partial charge < -0.3 is 24.4 Å². The average Bonchev–Trinajstić information content (AvgIpc) is 3.19. The molecule has 0 saturated carbocycles. The maximum atomic E-state index is 13.6. The third kappa shape index (κ3) is 5.21. The Morgan fingerprint density at radius 2 is 1.57 bits per heavy atom. The topological polar surface area (TPSA) is 106 Å². The van der Waals surface area contributed by atoms with Crippen LogP contribution in [0, 0.1) is 6.92 Å². The smallest absolute Gasteiger partial charge is 0.300 e. The predicted octanol–water partition coefficient (Wildman–Crippen LogP) is 6.26. The third-order valence-corrected chi connectivity index (χ3v) is 6.91. The number of aliphatic hydroxyl groups excluding tert-OH is 1. The van der Waals surface area contributed by atoms with Crippen LogP contribution in [-0.2, 0) is 9.59 Å². The van der Waals surface area contributed by atoms with Crippen LogP contribution in [0.25, 0.3) is 5.76 Å². The highest BCUT2D eigenvalue weighted by Crippen LogP contribution is 2.45. The minimum Gasteiger partial charge on any atom is -0.508 e. The van der Waals surface area contributed by atoms with E-state index in [9.17, 15) is 19.8 Å². The summed E-state index contributed by atoms with van der Waals surface area (Å²) >= 11 is 0. The summed E-state index contributed by atoms with van der Waals surface area (Å²) in [6.07, 6.45) is 0. The van der Waals surface area contributed by atoms with E-state index in [1.165, 1.54) is 17.0 Å². The Hall–Kier alpha value is -4.46. The molecule has 0 aliphatic carbocycles. The van der Waals surface area contributed by atoms with Crippen LogP contribution in [0.15, 0.2) is 60.2 Å². The van der Waals surface area contributed by atoms with Crippen molar-refractivity contribution in [3.63, 3.8) is 0 Å². The maximum Gasteiger partial charge on any atom is 0.300 e. The van der Waals surface area contributed by atoms with E-state index in [0.717, 1.165) is 5.56 Å². The fourth-order valence-corrected chi connectivity index (χ4v) is 4.99. The number of phenols is 1. The zero-order chi connectivity index (χ0) is 29.1. The number of amides is 1. The Morgan fingerprint density at radius 3 is 2.17 bits per heavy atom. The van der Waals surface area contributed by atoms with Crippen molar-refractivity contribution >= 4 is 23.1 Å². The van der Waals surface area contributed by atoms with Crippen LogP contribution in [0.1, 0.15) is 61.9 Å². The highest BCUT2D eigenvalue weighted by molar-refractivity contribution is 6.51. The van der Waals surface area contributed by atoms with Gasteiger partial charge in [0.1, 0.15) is 17.3 Å². The summed E-state index contributed by atoms with van der Waals surface area (Å²) in [6.45, 7) is 10.3. The number of phenolic OH excluding ortho intramolecular Hbond substituents is 1. The molecular formula is C32H35NO7. The summed E-state index contributed by atoms with van der Waals surface area (Å²) in [5.74, 6) is -0.146. The number of ketones is 1. The number of Topliss-reactive ketones (excluding diaryl/α,β-unsaturated/α-hetero) is 1. The van der Waals surface area contributed by atoms with Gasteiger partial charge >= 0.3 is 0 Å². The molecule has 2 N–H and O–H groups in total. The number of rotatable bonds is 9. The molecule has 1 aliphatic rings. The van der Waals surface area contributed by atoms with E-state index in [0.29, 0.717) is 52.8 Å². The van der Waals surface area contributed by atoms with E-state index in [1.807, 2.05) is 40.7 Å². The third-order valence-electron chi connectivity index (χ3n) is 6.91. The molecule has 1 atom stereocenters. The number of ether oxygens (including phenoxy) is 3. The number of methoxy groups -OCH3 is 1. The van der Waals surface area contributed by atoms with Gasteiger partial charge in [-0.25, -0.2) is 0 Å². The molecule has 4 rings (SSSR count). The van der Waals surface area contributed by atoms with Crippen molar-refractivity contribution < 1.29 is 34.0 Å². The summed E-state index contributed by atoms with van der Waals surface area (Å²) in [7, 11) is 1.59. The molecule has 0 radical (unpaired) electrons. The molecule has 1 aliphatic heterocycles. The zero-order valence-electron chi connectivity index (χ0n) is 23.6. The molecule has 1 heterocycles. The SMILES string of the molecule is CCOc1ccc(N2C(=O)C(=O)/C(=C(/O)c3cc(C(C)C)c(OC)cc3C)C2c2ccc(O)cc2)cc1OCC. The van der Waals surface area contributed by atoms with Crippen LogP contribution in [-0.4, -0.2) is 42.2 Å². The number of hydrogen-bond donors (Lipinski definition) is 2. The molecule has 40 heavy (non-hydrogen) atoms. The summed E-state index contributed by atoms with van der Waals surface area (Å²) < 4.78 is 17.0. The minimum absolute atomic E-state index is 0.0352. The standard InChI is InChI=1S/C32H35NO7/c1-7-39-25-14-11-21(16-27(25)40-8-2)33-29(20-9-12-22(34)13-10-20)28(31(36)32(33)37)30(35)24-17-23(18(3)4)26(38-6)15-19(24)5/h9-18,29,34-35H,7-8H2,1-6H3/b30-28+. The second-order valence-corrected chi connectivity index (χ2v) is 9.82. The fraction of sp³-hybridized carbons (Fsp3) is 0.312. The van der Waals surface area contributed by atoms with Gasteiger partial charge in [0.25, 0.3) is 11.7 Å². The molecule has 1 saturated heterocycles. The summed E-state index contributed by atoms with van der Waals surface area (Å²) in [5, 5.41) is 21.6. The molecule has 210 valence electrons. The second kappa shape index (κ2) is 11.7. The molecular weight excluding hydrogens is 510 g/mol. The highest BCUT2D eigenvalue weighted by Gasteiger charge is 2.47. The number of carbonyl (C=O) groups excluding carboxylic acids is 2. The monoisotopic (exact) mass is 545 g/mol. The van der Waals surface area contributed by atoms with E-state index < -0.39 is 17.7 Å². The number of hydrogen-bond acceptors (Lipinski definition) is 7. The van der Waals surface area contributed by atoms with Gasteiger partial charge in [0, 0.05) is 17.3 Å². The van der Waals surface area contributed by atoms with Crippen molar-refractivity contribution in [3.8, 4) is 23.0 Å². The number of carbonyl (C=O) groups is 2. The lowest BCUT2D eigenvalue weighted by molar-refractivity contribution is -0.132. The van der Waals surface area contributed by atoms with Crippen molar-refractivity contribution in [3.05, 3.63) is 82.4 Å². The first-order valence-electron chi connectivity index (χ1n) is 13.3. The van der Waals surface area contributed by atoms with Crippen LogP contribution in [0.3, 0.4) is 0 Å². The van der Waals surface area contributed by atoms with E-state index in [-0.39, 0.29) is 23.0 Å². The highest BCUT2D eigenvalue weighted by atomic mass is 16.5. The van der Waals surface area contributed by atoms with Crippen LogP contribution in [0.4, 0.5) is 5.69 Å². The van der Waals surface area contributed by atoms with Gasteiger partial charge in [-0.3, -0.25) is 14.5 Å². The van der Waals surface area contributed by atoms with E-state index in [4.69, 9.17) is 14.2 Å². The molecule has 0 bridgehead atoms. The Morgan fingerprint density at radius 1 is 0.925 bits per heavy atom. The minimum atomic E-state index is -0.961. The molecule has 3 aromatic carbocycles. The number of aromatic hydroxyl groups is 1. The van der Waals surface area contributed by atoms with E-state index in [1.54, 1.807) is 43.5 Å². The van der Waals surface area contributed by atoms with Gasteiger partial charge in [-0.15, -0.1) is 0 Å². The van der Waals surface area contributed by atoms with Gasteiger partial charge in [0.05, 0.1) is 31.9 Å². The van der Waals surface area contributed by atoms with E-state index >= 15 is 0 Å². The first-order valence-corrected chi connectivity index (χ1v) is 13.3. The lowest BCUT2D eigenvalue weighted by Gasteiger charge is -2.26. The average molecular weight is 546 g/mol. The molecule has 1 unspecified atom stereocenters. The normalized spacial score (nSPS) is 16.5. The van der Waals surface area contributed by atoms with Crippen molar-refractivity contribution in [2.75, 3.05) is 25.2 Å². The quantitative estimate of drug-likeness (QED) is 0.186. The summed E-state index contributed by atoms with van der Waals surface area (Å²) in [6, 6.07) is 13.9. The van der Waals surface area contributed by atoms with Gasteiger partial charge in [-0.05, 0) is 79.8 Å². The molecule has 8 nitrogen and oxygen atoms in total. The van der Waals surface area contributed by atoms with Crippen LogP contribution in [0.5, 0.6) is 23.0 Å². The van der Waals surface area contributed by atoms with Gasteiger partial charge in [-0.1, -0.05) is 26.0 Å². The first-order chi connectivity index (χ1) is 19.1. The Bertz CT molecular complexity index is 1460. The van der Waals surface area contributed by atoms with Gasteiger partial charge in [0.2, 0.25) is 0 Å².